The molecule has 0 aliphatic heterocycles. The number of hydrogen-bond donors (Lipinski definition) is 2. The lowest BCUT2D eigenvalue weighted by Crippen LogP contribution is -2.09. The highest BCUT2D eigenvalue weighted by atomic mass is 16.5. The van der Waals surface area contributed by atoms with Crippen LogP contribution in [0.1, 0.15) is 58.6 Å². The van der Waals surface area contributed by atoms with Crippen LogP contribution >= 0.6 is 0 Å². The van der Waals surface area contributed by atoms with E-state index in [0.29, 0.717) is 40.9 Å². The summed E-state index contributed by atoms with van der Waals surface area (Å²) in [5, 5.41) is 21.9. The van der Waals surface area contributed by atoms with Gasteiger partial charge in [0.05, 0.1) is 19.6 Å². The summed E-state index contributed by atoms with van der Waals surface area (Å²) in [5.74, 6) is 0.489. The maximum atomic E-state index is 13.8. The van der Waals surface area contributed by atoms with Gasteiger partial charge in [0.25, 0.3) is 0 Å². The number of fused-ring (bicyclic) bond motifs is 2. The predicted molar refractivity (Wildman–Crippen MR) is 146 cm³/mol. The van der Waals surface area contributed by atoms with E-state index in [0.717, 1.165) is 18.4 Å². The van der Waals surface area contributed by atoms with Crippen LogP contribution in [-0.4, -0.2) is 24.4 Å². The van der Waals surface area contributed by atoms with E-state index in [2.05, 4.69) is 32.9 Å². The van der Waals surface area contributed by atoms with E-state index in [1.165, 1.54) is 31.4 Å². The van der Waals surface area contributed by atoms with E-state index < -0.39 is 0 Å². The molecule has 3 aromatic rings. The molecule has 3 rings (SSSR count). The summed E-state index contributed by atoms with van der Waals surface area (Å²) in [7, 11) is 3.06. The minimum Gasteiger partial charge on any atom is -0.507 e. The van der Waals surface area contributed by atoms with Gasteiger partial charge in [-0.05, 0) is 60.3 Å². The molecule has 36 heavy (non-hydrogen) atoms. The summed E-state index contributed by atoms with van der Waals surface area (Å²) in [6.07, 6.45) is 8.73. The van der Waals surface area contributed by atoms with Crippen molar-refractivity contribution in [2.75, 3.05) is 14.2 Å². The standard InChI is InChI=1S/C30H36O6/c1-17(2)9-8-10-19(5)12-14-21-26-24(16-25(34-6)30(21)35-7)36-23-15-22(31)20(13-11-18(3)4)28(32)27(23)29(26)33/h9,11-12,15-16,31-32H,8,10,13-14H2,1-7H3/b19-12+. The maximum absolute atomic E-state index is 13.8. The number of rotatable bonds is 9. The first-order valence-corrected chi connectivity index (χ1v) is 12.1. The Morgan fingerprint density at radius 3 is 2.11 bits per heavy atom. The molecule has 0 spiro atoms. The molecule has 0 unspecified atom stereocenters. The molecule has 2 aromatic carbocycles. The Hall–Kier alpha value is -3.67. The van der Waals surface area contributed by atoms with Gasteiger partial charge < -0.3 is 24.1 Å². The number of methoxy groups -OCH3 is 2. The van der Waals surface area contributed by atoms with Gasteiger partial charge in [-0.3, -0.25) is 4.79 Å². The summed E-state index contributed by atoms with van der Waals surface area (Å²) in [5.41, 5.74) is 4.44. The van der Waals surface area contributed by atoms with Gasteiger partial charge in [-0.25, -0.2) is 0 Å². The summed E-state index contributed by atoms with van der Waals surface area (Å²) >= 11 is 0. The van der Waals surface area contributed by atoms with Crippen LogP contribution in [0.25, 0.3) is 21.9 Å². The van der Waals surface area contributed by atoms with Crippen molar-refractivity contribution in [1.29, 1.82) is 0 Å². The van der Waals surface area contributed by atoms with Crippen LogP contribution < -0.4 is 14.9 Å². The summed E-state index contributed by atoms with van der Waals surface area (Å²) in [6, 6.07) is 2.99. The largest absolute Gasteiger partial charge is 0.507 e. The number of aromatic hydroxyl groups is 2. The van der Waals surface area contributed by atoms with Gasteiger partial charge in [0.15, 0.2) is 11.5 Å². The Balaban J connectivity index is 2.28. The van der Waals surface area contributed by atoms with E-state index in [-0.39, 0.29) is 33.5 Å². The van der Waals surface area contributed by atoms with Crippen molar-refractivity contribution in [3.05, 3.63) is 68.4 Å². The van der Waals surface area contributed by atoms with Gasteiger partial charge in [-0.1, -0.05) is 34.9 Å². The van der Waals surface area contributed by atoms with Gasteiger partial charge in [0, 0.05) is 23.3 Å². The number of phenolic OH excluding ortho intramolecular Hbond substituents is 2. The second kappa shape index (κ2) is 11.4. The summed E-state index contributed by atoms with van der Waals surface area (Å²) < 4.78 is 17.3. The molecule has 2 N–H and O–H groups in total. The lowest BCUT2D eigenvalue weighted by Gasteiger charge is -2.16. The fourth-order valence-corrected chi connectivity index (χ4v) is 4.26. The monoisotopic (exact) mass is 492 g/mol. The van der Waals surface area contributed by atoms with Crippen molar-refractivity contribution in [3.8, 4) is 23.0 Å². The quantitative estimate of drug-likeness (QED) is 0.244. The third-order valence-corrected chi connectivity index (χ3v) is 6.21. The van der Waals surface area contributed by atoms with E-state index >= 15 is 0 Å². The smallest absolute Gasteiger partial charge is 0.204 e. The van der Waals surface area contributed by atoms with Crippen LogP contribution in [0.2, 0.25) is 0 Å². The van der Waals surface area contributed by atoms with E-state index in [1.54, 1.807) is 6.07 Å². The van der Waals surface area contributed by atoms with E-state index in [9.17, 15) is 15.0 Å². The number of benzene rings is 2. The fourth-order valence-electron chi connectivity index (χ4n) is 4.26. The zero-order valence-corrected chi connectivity index (χ0v) is 22.2. The molecule has 1 aromatic heterocycles. The third kappa shape index (κ3) is 5.59. The first-order chi connectivity index (χ1) is 17.1. The van der Waals surface area contributed by atoms with Gasteiger partial charge in [-0.15, -0.1) is 0 Å². The highest BCUT2D eigenvalue weighted by molar-refractivity contribution is 5.97. The van der Waals surface area contributed by atoms with Gasteiger partial charge >= 0.3 is 0 Å². The average Bonchev–Trinajstić information content (AvgIpc) is 2.80. The molecule has 6 heteroatoms. The van der Waals surface area contributed by atoms with Crippen molar-refractivity contribution in [2.45, 2.75) is 60.3 Å². The second-order valence-corrected chi connectivity index (χ2v) is 9.55. The minimum atomic E-state index is -0.381. The molecule has 0 radical (unpaired) electrons. The molecule has 0 bridgehead atoms. The first-order valence-electron chi connectivity index (χ1n) is 12.1. The molecule has 0 saturated heterocycles. The number of hydrogen-bond acceptors (Lipinski definition) is 6. The van der Waals surface area contributed by atoms with E-state index in [1.807, 2.05) is 19.9 Å². The van der Waals surface area contributed by atoms with Crippen LogP contribution in [0, 0.1) is 0 Å². The average molecular weight is 493 g/mol. The van der Waals surface area contributed by atoms with Crippen molar-refractivity contribution in [2.24, 2.45) is 0 Å². The van der Waals surface area contributed by atoms with E-state index in [4.69, 9.17) is 13.9 Å². The molecule has 0 amide bonds. The molecule has 0 aliphatic rings. The lowest BCUT2D eigenvalue weighted by atomic mass is 9.98. The molecule has 0 aliphatic carbocycles. The fraction of sp³-hybridized carbons (Fsp3) is 0.367. The third-order valence-electron chi connectivity index (χ3n) is 6.21. The van der Waals surface area contributed by atoms with Crippen LogP contribution in [0.4, 0.5) is 0 Å². The highest BCUT2D eigenvalue weighted by Crippen LogP contribution is 2.41. The Labute approximate surface area is 212 Å². The molecular weight excluding hydrogens is 456 g/mol. The highest BCUT2D eigenvalue weighted by Gasteiger charge is 2.23. The molecule has 192 valence electrons. The van der Waals surface area contributed by atoms with Crippen molar-refractivity contribution >= 4 is 21.9 Å². The van der Waals surface area contributed by atoms with Crippen molar-refractivity contribution in [3.63, 3.8) is 0 Å². The SMILES string of the molecule is COc1cc2oc3cc(O)c(CC=C(C)C)c(O)c3c(=O)c2c(C/C=C(\C)CCC=C(C)C)c1OC. The summed E-state index contributed by atoms with van der Waals surface area (Å²) in [4.78, 5) is 13.8. The lowest BCUT2D eigenvalue weighted by molar-refractivity contribution is 0.352. The Kier molecular flexibility index (Phi) is 8.51. The zero-order valence-electron chi connectivity index (χ0n) is 22.2. The maximum Gasteiger partial charge on any atom is 0.204 e. The predicted octanol–water partition coefficient (Wildman–Crippen LogP) is 7.12. The van der Waals surface area contributed by atoms with Gasteiger partial charge in [0.2, 0.25) is 5.43 Å². The normalized spacial score (nSPS) is 11.6. The Morgan fingerprint density at radius 1 is 0.861 bits per heavy atom. The van der Waals surface area contributed by atoms with Crippen LogP contribution in [-0.2, 0) is 12.8 Å². The molecular formula is C30H36O6. The number of ether oxygens (including phenoxy) is 2. The number of phenols is 2. The topological polar surface area (TPSA) is 89.1 Å². The molecule has 0 atom stereocenters. The Bertz CT molecular complexity index is 1430. The minimum absolute atomic E-state index is 0.0372. The number of allylic oxidation sites excluding steroid dienone is 6. The molecule has 0 fully saturated rings. The van der Waals surface area contributed by atoms with Gasteiger partial charge in [0.1, 0.15) is 28.1 Å². The van der Waals surface area contributed by atoms with Gasteiger partial charge in [-0.2, -0.15) is 0 Å². The first kappa shape index (κ1) is 26.9. The second-order valence-electron chi connectivity index (χ2n) is 9.55. The Morgan fingerprint density at radius 2 is 1.50 bits per heavy atom. The molecule has 1 heterocycles. The van der Waals surface area contributed by atoms with Crippen molar-refractivity contribution < 1.29 is 24.1 Å². The van der Waals surface area contributed by atoms with Crippen molar-refractivity contribution in [1.82, 2.24) is 0 Å². The van der Waals surface area contributed by atoms with Crippen LogP contribution in [0.5, 0.6) is 23.0 Å². The van der Waals surface area contributed by atoms with Crippen LogP contribution in [0.3, 0.4) is 0 Å². The zero-order chi connectivity index (χ0) is 26.6. The molecule has 0 saturated carbocycles. The van der Waals surface area contributed by atoms with Crippen LogP contribution in [0.15, 0.2) is 56.3 Å². The summed E-state index contributed by atoms with van der Waals surface area (Å²) in [6.45, 7) is 10.1. The molecule has 6 nitrogen and oxygen atoms in total.